The van der Waals surface area contributed by atoms with Crippen molar-refractivity contribution < 1.29 is 80.2 Å². The van der Waals surface area contributed by atoms with E-state index in [0.29, 0.717) is 31.6 Å². The quantitative estimate of drug-likeness (QED) is 0.0222. The second kappa shape index (κ2) is 56.1. The van der Waals surface area contributed by atoms with E-state index < -0.39 is 97.5 Å². The number of hydrogen-bond donors (Lipinski definition) is 3. The first-order valence-electron chi connectivity index (χ1n) is 34.2. The van der Waals surface area contributed by atoms with Gasteiger partial charge in [0.1, 0.15) is 19.3 Å². The van der Waals surface area contributed by atoms with Crippen molar-refractivity contribution in [2.75, 3.05) is 39.6 Å². The molecule has 0 aliphatic carbocycles. The zero-order valence-corrected chi connectivity index (χ0v) is 57.0. The van der Waals surface area contributed by atoms with Crippen molar-refractivity contribution in [3.63, 3.8) is 0 Å². The molecule has 504 valence electrons. The number of aliphatic hydroxyl groups is 1. The van der Waals surface area contributed by atoms with Gasteiger partial charge in [0.15, 0.2) is 12.2 Å². The molecular weight excluding hydrogens is 1130 g/mol. The first-order valence-corrected chi connectivity index (χ1v) is 37.2. The molecule has 0 heterocycles. The molecule has 3 N–H and O–H groups in total. The Kier molecular flexibility index (Phi) is 54.8. The van der Waals surface area contributed by atoms with E-state index in [1.807, 2.05) is 0 Å². The number of ether oxygens (including phenoxy) is 4. The molecular formula is C66H128O17P2. The third-order valence-corrected chi connectivity index (χ3v) is 17.0. The first-order chi connectivity index (χ1) is 40.6. The minimum absolute atomic E-state index is 0.104. The van der Waals surface area contributed by atoms with Crippen molar-refractivity contribution in [1.82, 2.24) is 0 Å². The number of hydrogen-bond acceptors (Lipinski definition) is 15. The smallest absolute Gasteiger partial charge is 0.462 e. The lowest BCUT2D eigenvalue weighted by molar-refractivity contribution is -0.161. The lowest BCUT2D eigenvalue weighted by atomic mass is 10.0. The van der Waals surface area contributed by atoms with Crippen molar-refractivity contribution in [2.24, 2.45) is 23.7 Å². The Morgan fingerprint density at radius 3 is 0.729 bits per heavy atom. The number of phosphoric ester groups is 2. The third kappa shape index (κ3) is 60.7. The van der Waals surface area contributed by atoms with Crippen molar-refractivity contribution >= 4 is 39.5 Å². The molecule has 0 saturated carbocycles. The van der Waals surface area contributed by atoms with Gasteiger partial charge in [0.25, 0.3) is 0 Å². The van der Waals surface area contributed by atoms with Crippen LogP contribution >= 0.6 is 15.6 Å². The number of carbonyl (C=O) groups is 4. The van der Waals surface area contributed by atoms with Gasteiger partial charge < -0.3 is 33.8 Å². The Hall–Kier alpha value is -1.94. The predicted octanol–water partition coefficient (Wildman–Crippen LogP) is 18.1. The van der Waals surface area contributed by atoms with Crippen molar-refractivity contribution in [3.05, 3.63) is 0 Å². The van der Waals surface area contributed by atoms with E-state index in [4.69, 9.17) is 37.0 Å². The van der Waals surface area contributed by atoms with E-state index in [1.54, 1.807) is 0 Å². The Labute approximate surface area is 517 Å². The summed E-state index contributed by atoms with van der Waals surface area (Å²) in [5.74, 6) is 0.757. The maximum atomic E-state index is 13.0. The lowest BCUT2D eigenvalue weighted by Gasteiger charge is -2.21. The topological polar surface area (TPSA) is 237 Å². The number of aliphatic hydroxyl groups excluding tert-OH is 1. The Balaban J connectivity index is 5.25. The van der Waals surface area contributed by atoms with E-state index in [1.165, 1.54) is 116 Å². The molecule has 0 saturated heterocycles. The standard InChI is InChI=1S/C66H128O17P2/c1-56(2)42-34-26-18-12-9-10-14-22-32-40-48-65(70)83-62(53-77-64(69)47-39-31-25-24-29-37-45-59(7)8)55-81-85(74,75)79-51-60(67)50-78-84(72,73)80-54-61(52-76-63(68)46-38-30-21-17-16-20-28-36-44-58(5)6)82-66(71)49-41-33-23-15-11-13-19-27-35-43-57(3)4/h56-62,67H,9-55H2,1-8H3,(H,72,73)(H,74,75)/t60-,61-,62-/m1/s1. The Morgan fingerprint density at radius 1 is 0.294 bits per heavy atom. The highest BCUT2D eigenvalue weighted by atomic mass is 31.2. The third-order valence-electron chi connectivity index (χ3n) is 15.1. The number of phosphoric acid groups is 2. The van der Waals surface area contributed by atoms with Gasteiger partial charge in [-0.3, -0.25) is 37.3 Å². The molecule has 85 heavy (non-hydrogen) atoms. The average Bonchev–Trinajstić information content (AvgIpc) is 3.57. The summed E-state index contributed by atoms with van der Waals surface area (Å²) in [7, 11) is -9.89. The van der Waals surface area contributed by atoms with Crippen molar-refractivity contribution in [3.8, 4) is 0 Å². The number of unbranched alkanes of at least 4 members (excludes halogenated alkanes) is 29. The van der Waals surface area contributed by atoms with Gasteiger partial charge in [-0.1, -0.05) is 267 Å². The van der Waals surface area contributed by atoms with Crippen LogP contribution in [0.4, 0.5) is 0 Å². The van der Waals surface area contributed by atoms with Crippen LogP contribution in [0.15, 0.2) is 0 Å². The molecule has 0 radical (unpaired) electrons. The molecule has 0 aliphatic heterocycles. The molecule has 0 bridgehead atoms. The van der Waals surface area contributed by atoms with Crippen LogP contribution in [0.2, 0.25) is 0 Å². The van der Waals surface area contributed by atoms with Crippen molar-refractivity contribution in [1.29, 1.82) is 0 Å². The van der Waals surface area contributed by atoms with Crippen LogP contribution in [-0.4, -0.2) is 96.7 Å². The maximum Gasteiger partial charge on any atom is 0.472 e. The van der Waals surface area contributed by atoms with E-state index in [9.17, 15) is 43.2 Å². The van der Waals surface area contributed by atoms with Crippen LogP contribution in [0.3, 0.4) is 0 Å². The van der Waals surface area contributed by atoms with Gasteiger partial charge in [0, 0.05) is 25.7 Å². The summed E-state index contributed by atoms with van der Waals surface area (Å²) in [5, 5.41) is 10.5. The minimum Gasteiger partial charge on any atom is -0.462 e. The molecule has 0 fully saturated rings. The van der Waals surface area contributed by atoms with Crippen LogP contribution in [0.5, 0.6) is 0 Å². The summed E-state index contributed by atoms with van der Waals surface area (Å²) in [6.45, 7) is 14.0. The summed E-state index contributed by atoms with van der Waals surface area (Å²) in [6, 6.07) is 0. The van der Waals surface area contributed by atoms with Crippen LogP contribution < -0.4 is 0 Å². The highest BCUT2D eigenvalue weighted by Gasteiger charge is 2.30. The summed E-state index contributed by atoms with van der Waals surface area (Å²) in [6.07, 6.45) is 36.4. The van der Waals surface area contributed by atoms with E-state index in [0.717, 1.165) is 114 Å². The molecule has 0 spiro atoms. The van der Waals surface area contributed by atoms with E-state index in [-0.39, 0.29) is 25.7 Å². The lowest BCUT2D eigenvalue weighted by Crippen LogP contribution is -2.30. The van der Waals surface area contributed by atoms with Gasteiger partial charge in [-0.15, -0.1) is 0 Å². The monoisotopic (exact) mass is 1250 g/mol. The second-order valence-electron chi connectivity index (χ2n) is 25.8. The summed E-state index contributed by atoms with van der Waals surface area (Å²) >= 11 is 0. The molecule has 19 heteroatoms. The largest absolute Gasteiger partial charge is 0.472 e. The van der Waals surface area contributed by atoms with Gasteiger partial charge >= 0.3 is 39.5 Å². The molecule has 0 aromatic heterocycles. The second-order valence-corrected chi connectivity index (χ2v) is 28.7. The average molecular weight is 1260 g/mol. The number of rotatable bonds is 63. The van der Waals surface area contributed by atoms with Gasteiger partial charge in [0.2, 0.25) is 0 Å². The zero-order valence-electron chi connectivity index (χ0n) is 55.2. The Bertz CT molecular complexity index is 1700. The number of esters is 4. The van der Waals surface area contributed by atoms with Crippen LogP contribution in [0, 0.1) is 23.7 Å². The summed E-state index contributed by atoms with van der Waals surface area (Å²) < 4.78 is 68.1. The summed E-state index contributed by atoms with van der Waals surface area (Å²) in [5.41, 5.74) is 0. The fourth-order valence-electron chi connectivity index (χ4n) is 9.78. The van der Waals surface area contributed by atoms with Gasteiger partial charge in [0.05, 0.1) is 26.4 Å². The number of carbonyl (C=O) groups excluding carboxylic acids is 4. The highest BCUT2D eigenvalue weighted by molar-refractivity contribution is 7.47. The van der Waals surface area contributed by atoms with Crippen LogP contribution in [0.1, 0.15) is 319 Å². The predicted molar refractivity (Wildman–Crippen MR) is 340 cm³/mol. The van der Waals surface area contributed by atoms with Crippen molar-refractivity contribution in [2.45, 2.75) is 337 Å². The highest BCUT2D eigenvalue weighted by Crippen LogP contribution is 2.45. The fourth-order valence-corrected chi connectivity index (χ4v) is 11.4. The maximum absolute atomic E-state index is 13.0. The molecule has 0 aliphatic rings. The van der Waals surface area contributed by atoms with Gasteiger partial charge in [-0.25, -0.2) is 9.13 Å². The minimum atomic E-state index is -4.95. The molecule has 0 amide bonds. The molecule has 2 unspecified atom stereocenters. The molecule has 0 aromatic rings. The van der Waals surface area contributed by atoms with Crippen LogP contribution in [0.25, 0.3) is 0 Å². The Morgan fingerprint density at radius 2 is 0.494 bits per heavy atom. The van der Waals surface area contributed by atoms with Gasteiger partial charge in [-0.2, -0.15) is 0 Å². The van der Waals surface area contributed by atoms with Crippen LogP contribution in [-0.2, 0) is 65.4 Å². The molecule has 5 atom stereocenters. The van der Waals surface area contributed by atoms with E-state index in [2.05, 4.69) is 55.4 Å². The van der Waals surface area contributed by atoms with Gasteiger partial charge in [-0.05, 0) is 49.4 Å². The van der Waals surface area contributed by atoms with E-state index >= 15 is 0 Å². The normalized spacial score (nSPS) is 14.4. The fraction of sp³-hybridized carbons (Fsp3) is 0.939. The molecule has 0 rings (SSSR count). The first kappa shape index (κ1) is 83.1. The summed E-state index contributed by atoms with van der Waals surface area (Å²) in [4.78, 5) is 72.3. The molecule has 0 aromatic carbocycles. The zero-order chi connectivity index (χ0) is 63.2. The SMILES string of the molecule is CC(C)CCCCCCCCCCCCC(=O)O[C@H](COC(=O)CCCCCCCCC(C)C)COP(=O)(O)OC[C@H](O)COP(=O)(O)OC[C@@H](COC(=O)CCCCCCCCCCC(C)C)OC(=O)CCCCCCCCCCCC(C)C. The molecule has 17 nitrogen and oxygen atoms in total.